The van der Waals surface area contributed by atoms with Crippen molar-refractivity contribution in [3.63, 3.8) is 0 Å². The highest BCUT2D eigenvalue weighted by Crippen LogP contribution is 2.32. The Balaban J connectivity index is 1.65. The molecule has 0 unspecified atom stereocenters. The van der Waals surface area contributed by atoms with Crippen molar-refractivity contribution in [1.82, 2.24) is 14.5 Å². The molecule has 30 heavy (non-hydrogen) atoms. The minimum absolute atomic E-state index is 0.206. The number of benzene rings is 2. The first-order chi connectivity index (χ1) is 14.3. The predicted octanol–water partition coefficient (Wildman–Crippen LogP) is 6.69. The molecule has 0 spiro atoms. The van der Waals surface area contributed by atoms with Crippen LogP contribution in [0.1, 0.15) is 16.7 Å². The molecule has 0 aliphatic rings. The molecule has 0 aliphatic carbocycles. The third kappa shape index (κ3) is 4.52. The molecule has 0 saturated heterocycles. The Morgan fingerprint density at radius 1 is 1.03 bits per heavy atom. The Bertz CT molecular complexity index is 1210. The topological polar surface area (TPSA) is 30.7 Å². The van der Waals surface area contributed by atoms with Gasteiger partial charge in [-0.3, -0.25) is 4.57 Å². The number of fused-ring (bicyclic) bond motifs is 1. The van der Waals surface area contributed by atoms with Crippen LogP contribution in [0.25, 0.3) is 11.2 Å². The maximum atomic E-state index is 14.4. The van der Waals surface area contributed by atoms with E-state index >= 15 is 0 Å². The molecule has 4 aromatic rings. The largest absolute Gasteiger partial charge is 0.416 e. The van der Waals surface area contributed by atoms with Gasteiger partial charge in [-0.2, -0.15) is 13.2 Å². The standard InChI is InChI=1S/C21H14BrF4N3S/c22-16-7-6-14(17(23)10-16)11-29-19-18(5-2-8-27-19)28-20(29)30-12-13-3-1-4-15(9-13)21(24,25)26/h1-10H,11-12H2. The average molecular weight is 496 g/mol. The van der Waals surface area contributed by atoms with Gasteiger partial charge in [0.1, 0.15) is 11.3 Å². The van der Waals surface area contributed by atoms with Gasteiger partial charge in [0.2, 0.25) is 0 Å². The second-order valence-electron chi connectivity index (χ2n) is 6.55. The van der Waals surface area contributed by atoms with Gasteiger partial charge in [-0.25, -0.2) is 14.4 Å². The number of halogens is 5. The van der Waals surface area contributed by atoms with Gasteiger partial charge in [0.05, 0.1) is 12.1 Å². The van der Waals surface area contributed by atoms with Gasteiger partial charge in [0, 0.05) is 22.0 Å². The summed E-state index contributed by atoms with van der Waals surface area (Å²) in [5.41, 5.74) is 1.53. The highest BCUT2D eigenvalue weighted by molar-refractivity contribution is 9.10. The maximum Gasteiger partial charge on any atom is 0.416 e. The van der Waals surface area contributed by atoms with Crippen LogP contribution in [0.5, 0.6) is 0 Å². The first-order valence-corrected chi connectivity index (χ1v) is 10.6. The molecule has 4 rings (SSSR count). The zero-order valence-electron chi connectivity index (χ0n) is 15.3. The van der Waals surface area contributed by atoms with E-state index in [4.69, 9.17) is 0 Å². The van der Waals surface area contributed by atoms with Crippen LogP contribution in [0.2, 0.25) is 0 Å². The number of pyridine rings is 1. The van der Waals surface area contributed by atoms with E-state index in [-0.39, 0.29) is 18.1 Å². The molecule has 2 heterocycles. The van der Waals surface area contributed by atoms with Gasteiger partial charge in [0.15, 0.2) is 10.8 Å². The highest BCUT2D eigenvalue weighted by Gasteiger charge is 2.30. The van der Waals surface area contributed by atoms with Gasteiger partial charge in [-0.15, -0.1) is 0 Å². The second kappa shape index (κ2) is 8.39. The Morgan fingerprint density at radius 2 is 1.87 bits per heavy atom. The molecule has 0 amide bonds. The third-order valence-electron chi connectivity index (χ3n) is 4.43. The zero-order valence-corrected chi connectivity index (χ0v) is 17.7. The van der Waals surface area contributed by atoms with E-state index in [2.05, 4.69) is 25.9 Å². The average Bonchev–Trinajstić information content (AvgIpc) is 3.05. The molecule has 3 nitrogen and oxygen atoms in total. The van der Waals surface area contributed by atoms with Crippen molar-refractivity contribution in [3.05, 3.63) is 87.8 Å². The zero-order chi connectivity index (χ0) is 21.3. The summed E-state index contributed by atoms with van der Waals surface area (Å²) in [4.78, 5) is 8.91. The lowest BCUT2D eigenvalue weighted by Gasteiger charge is -2.11. The van der Waals surface area contributed by atoms with E-state index in [1.807, 2.05) is 0 Å². The summed E-state index contributed by atoms with van der Waals surface area (Å²) in [5, 5.41) is 0.559. The van der Waals surface area contributed by atoms with Crippen molar-refractivity contribution < 1.29 is 17.6 Å². The number of aromatic nitrogens is 3. The van der Waals surface area contributed by atoms with Crippen LogP contribution in [0, 0.1) is 5.82 Å². The fraction of sp³-hybridized carbons (Fsp3) is 0.143. The Morgan fingerprint density at radius 3 is 2.63 bits per heavy atom. The lowest BCUT2D eigenvalue weighted by molar-refractivity contribution is -0.137. The van der Waals surface area contributed by atoms with Gasteiger partial charge < -0.3 is 0 Å². The van der Waals surface area contributed by atoms with Crippen LogP contribution in [0.4, 0.5) is 17.6 Å². The Kier molecular flexibility index (Phi) is 5.84. The Labute approximate surface area is 182 Å². The van der Waals surface area contributed by atoms with E-state index in [1.165, 1.54) is 23.9 Å². The molecule has 0 fully saturated rings. The molecule has 0 aliphatic heterocycles. The number of thioether (sulfide) groups is 1. The lowest BCUT2D eigenvalue weighted by Crippen LogP contribution is -2.06. The second-order valence-corrected chi connectivity index (χ2v) is 8.41. The molecule has 9 heteroatoms. The summed E-state index contributed by atoms with van der Waals surface area (Å²) >= 11 is 4.53. The van der Waals surface area contributed by atoms with Crippen molar-refractivity contribution in [3.8, 4) is 0 Å². The SMILES string of the molecule is Fc1cc(Br)ccc1Cn1c(SCc2cccc(C(F)(F)F)c2)nc2cccnc21. The van der Waals surface area contributed by atoms with E-state index in [9.17, 15) is 17.6 Å². The smallest absolute Gasteiger partial charge is 0.299 e. The van der Waals surface area contributed by atoms with Crippen LogP contribution in [-0.4, -0.2) is 14.5 Å². The number of hydrogen-bond acceptors (Lipinski definition) is 3. The molecular weight excluding hydrogens is 482 g/mol. The van der Waals surface area contributed by atoms with Gasteiger partial charge in [-0.05, 0) is 35.9 Å². The van der Waals surface area contributed by atoms with Crippen LogP contribution < -0.4 is 0 Å². The van der Waals surface area contributed by atoms with Crippen molar-refractivity contribution in [2.75, 3.05) is 0 Å². The summed E-state index contributed by atoms with van der Waals surface area (Å²) in [6.45, 7) is 0.206. The van der Waals surface area contributed by atoms with Gasteiger partial charge >= 0.3 is 6.18 Å². The molecule has 2 aromatic heterocycles. The number of imidazole rings is 1. The van der Waals surface area contributed by atoms with Crippen LogP contribution in [-0.2, 0) is 18.5 Å². The van der Waals surface area contributed by atoms with Crippen LogP contribution in [0.15, 0.2) is 70.4 Å². The van der Waals surface area contributed by atoms with Crippen LogP contribution >= 0.6 is 27.7 Å². The monoisotopic (exact) mass is 495 g/mol. The maximum absolute atomic E-state index is 14.4. The fourth-order valence-electron chi connectivity index (χ4n) is 3.00. The van der Waals surface area contributed by atoms with Crippen molar-refractivity contribution in [1.29, 1.82) is 0 Å². The molecule has 154 valence electrons. The summed E-state index contributed by atoms with van der Waals surface area (Å²) in [7, 11) is 0. The summed E-state index contributed by atoms with van der Waals surface area (Å²) < 4.78 is 55.7. The van der Waals surface area contributed by atoms with Crippen molar-refractivity contribution in [2.24, 2.45) is 0 Å². The first-order valence-electron chi connectivity index (χ1n) is 8.85. The first kappa shape index (κ1) is 20.9. The van der Waals surface area contributed by atoms with Crippen molar-refractivity contribution >= 4 is 38.9 Å². The number of alkyl halides is 3. The summed E-state index contributed by atoms with van der Waals surface area (Å²) in [6.07, 6.45) is -2.77. The molecule has 0 atom stereocenters. The number of hydrogen-bond donors (Lipinski definition) is 0. The number of nitrogens with zero attached hydrogens (tertiary/aromatic N) is 3. The third-order valence-corrected chi connectivity index (χ3v) is 5.98. The lowest BCUT2D eigenvalue weighted by atomic mass is 10.1. The fourth-order valence-corrected chi connectivity index (χ4v) is 4.27. The van der Waals surface area contributed by atoms with Gasteiger partial charge in [-0.1, -0.05) is 52.0 Å². The number of rotatable bonds is 5. The quantitative estimate of drug-likeness (QED) is 0.228. The predicted molar refractivity (Wildman–Crippen MR) is 112 cm³/mol. The molecule has 0 saturated carbocycles. The molecule has 0 radical (unpaired) electrons. The minimum Gasteiger partial charge on any atom is -0.299 e. The van der Waals surface area contributed by atoms with E-state index in [1.54, 1.807) is 41.1 Å². The molecule has 0 N–H and O–H groups in total. The summed E-state index contributed by atoms with van der Waals surface area (Å²) in [5.74, 6) is -0.0771. The van der Waals surface area contributed by atoms with Crippen molar-refractivity contribution in [2.45, 2.75) is 23.6 Å². The van der Waals surface area contributed by atoms with Crippen LogP contribution in [0.3, 0.4) is 0 Å². The molecule has 0 bridgehead atoms. The highest BCUT2D eigenvalue weighted by atomic mass is 79.9. The minimum atomic E-state index is -4.39. The van der Waals surface area contributed by atoms with E-state index < -0.39 is 11.7 Å². The molecule has 2 aromatic carbocycles. The Hall–Kier alpha value is -2.39. The normalized spacial score (nSPS) is 11.9. The van der Waals surface area contributed by atoms with Gasteiger partial charge in [0.25, 0.3) is 0 Å². The van der Waals surface area contributed by atoms with E-state index in [0.29, 0.717) is 31.9 Å². The molecular formula is C21H14BrF4N3S. The summed E-state index contributed by atoms with van der Waals surface area (Å²) in [6, 6.07) is 13.6. The van der Waals surface area contributed by atoms with E-state index in [0.717, 1.165) is 12.1 Å².